The highest BCUT2D eigenvalue weighted by atomic mass is 35.5. The maximum absolute atomic E-state index is 13.6. The van der Waals surface area contributed by atoms with Crippen LogP contribution in [0.15, 0.2) is 58.9 Å². The van der Waals surface area contributed by atoms with Crippen molar-refractivity contribution in [2.24, 2.45) is 5.73 Å². The summed E-state index contributed by atoms with van der Waals surface area (Å²) in [5.74, 6) is -2.56. The number of aromatic nitrogens is 1. The molecular formula is C28H26Cl2N2O5S. The van der Waals surface area contributed by atoms with Gasteiger partial charge in [-0.15, -0.1) is 11.3 Å². The van der Waals surface area contributed by atoms with Crippen molar-refractivity contribution >= 4 is 63.9 Å². The number of nitrogens with zero attached hydrogens (tertiary/aromatic N) is 1. The molecule has 0 aliphatic carbocycles. The number of thiazole rings is 1. The van der Waals surface area contributed by atoms with Gasteiger partial charge in [0.25, 0.3) is 5.56 Å². The van der Waals surface area contributed by atoms with Crippen LogP contribution in [0, 0.1) is 0 Å². The molecule has 0 saturated heterocycles. The molecule has 0 radical (unpaired) electrons. The third-order valence-electron chi connectivity index (χ3n) is 6.00. The molecule has 1 aliphatic rings. The third kappa shape index (κ3) is 5.29. The molecule has 7 nitrogen and oxygen atoms in total. The van der Waals surface area contributed by atoms with Crippen LogP contribution in [0.3, 0.4) is 0 Å². The first-order valence-corrected chi connectivity index (χ1v) is 13.7. The van der Waals surface area contributed by atoms with Crippen molar-refractivity contribution in [3.63, 3.8) is 0 Å². The summed E-state index contributed by atoms with van der Waals surface area (Å²) in [6.07, 6.45) is 3.08. The lowest BCUT2D eigenvalue weighted by Gasteiger charge is -2.27. The van der Waals surface area contributed by atoms with Crippen molar-refractivity contribution in [2.45, 2.75) is 32.6 Å². The summed E-state index contributed by atoms with van der Waals surface area (Å²) in [6.45, 7) is 3.89. The van der Waals surface area contributed by atoms with Crippen LogP contribution in [-0.4, -0.2) is 29.7 Å². The van der Waals surface area contributed by atoms with Gasteiger partial charge in [0.1, 0.15) is 10.5 Å². The van der Waals surface area contributed by atoms with Crippen molar-refractivity contribution in [2.75, 3.05) is 13.2 Å². The van der Waals surface area contributed by atoms with E-state index >= 15 is 0 Å². The zero-order valence-corrected chi connectivity index (χ0v) is 23.2. The van der Waals surface area contributed by atoms with Gasteiger partial charge in [-0.3, -0.25) is 9.36 Å². The maximum Gasteiger partial charge on any atom is 0.338 e. The smallest absolute Gasteiger partial charge is 0.338 e. The molecule has 1 atom stereocenters. The van der Waals surface area contributed by atoms with Crippen molar-refractivity contribution in [1.29, 1.82) is 0 Å². The van der Waals surface area contributed by atoms with Gasteiger partial charge in [0.05, 0.1) is 34.8 Å². The molecule has 1 aliphatic heterocycles. The molecule has 2 N–H and O–H groups in total. The van der Waals surface area contributed by atoms with Gasteiger partial charge < -0.3 is 15.2 Å². The maximum atomic E-state index is 13.6. The number of rotatable bonds is 8. The van der Waals surface area contributed by atoms with Crippen molar-refractivity contribution < 1.29 is 19.1 Å². The zero-order valence-electron chi connectivity index (χ0n) is 20.8. The van der Waals surface area contributed by atoms with Crippen LogP contribution in [0.2, 0.25) is 10.0 Å². The van der Waals surface area contributed by atoms with Gasteiger partial charge in [-0.05, 0) is 42.7 Å². The molecule has 0 amide bonds. The highest BCUT2D eigenvalue weighted by Crippen LogP contribution is 2.40. The zero-order chi connectivity index (χ0) is 27.4. The first kappa shape index (κ1) is 27.7. The van der Waals surface area contributed by atoms with E-state index < -0.39 is 23.4 Å². The lowest BCUT2D eigenvalue weighted by Crippen LogP contribution is -2.42. The van der Waals surface area contributed by atoms with Crippen LogP contribution in [0.4, 0.5) is 0 Å². The highest BCUT2D eigenvalue weighted by molar-refractivity contribution is 7.07. The second-order valence-electron chi connectivity index (χ2n) is 8.45. The van der Waals surface area contributed by atoms with E-state index in [9.17, 15) is 14.4 Å². The number of ether oxygens (including phenoxy) is 2. The number of unbranched alkanes of at least 4 members (excludes halogenated alkanes) is 1. The molecule has 0 bridgehead atoms. The van der Waals surface area contributed by atoms with Crippen LogP contribution in [0.1, 0.15) is 43.7 Å². The second-order valence-corrected chi connectivity index (χ2v) is 10.3. The number of nitrogens with two attached hydrogens (primary N) is 1. The van der Waals surface area contributed by atoms with Crippen LogP contribution in [0.25, 0.3) is 17.5 Å². The van der Waals surface area contributed by atoms with Gasteiger partial charge in [0.2, 0.25) is 0 Å². The molecule has 2 heterocycles. The predicted octanol–water partition coefficient (Wildman–Crippen LogP) is 4.03. The molecular weight excluding hydrogens is 547 g/mol. The fourth-order valence-electron chi connectivity index (χ4n) is 4.19. The number of hydrogen-bond donors (Lipinski definition) is 1. The predicted molar refractivity (Wildman–Crippen MR) is 150 cm³/mol. The number of fused-ring (bicyclic) bond motifs is 1. The van der Waals surface area contributed by atoms with E-state index in [1.807, 2.05) is 6.92 Å². The van der Waals surface area contributed by atoms with E-state index in [1.54, 1.807) is 61.5 Å². The van der Waals surface area contributed by atoms with Gasteiger partial charge in [0.15, 0.2) is 0 Å². The summed E-state index contributed by atoms with van der Waals surface area (Å²) in [5, 5.41) is 0.775. The molecule has 4 rings (SSSR count). The Hall–Kier alpha value is -3.33. The summed E-state index contributed by atoms with van der Waals surface area (Å²) >= 11 is 14.0. The Morgan fingerprint density at radius 2 is 1.66 bits per heavy atom. The third-order valence-corrected chi connectivity index (χ3v) is 7.80. The Balaban J connectivity index is 2.09. The van der Waals surface area contributed by atoms with E-state index in [-0.39, 0.29) is 39.4 Å². The van der Waals surface area contributed by atoms with E-state index in [0.717, 1.165) is 17.8 Å². The van der Waals surface area contributed by atoms with E-state index in [2.05, 4.69) is 0 Å². The average Bonchev–Trinajstić information content (AvgIpc) is 3.21. The molecule has 10 heteroatoms. The van der Waals surface area contributed by atoms with E-state index in [1.165, 1.54) is 4.57 Å². The molecule has 0 saturated carbocycles. The van der Waals surface area contributed by atoms with Gasteiger partial charge in [0, 0.05) is 10.0 Å². The molecule has 3 aromatic rings. The minimum Gasteiger partial charge on any atom is -0.463 e. The van der Waals surface area contributed by atoms with Crippen molar-refractivity contribution in [3.8, 4) is 0 Å². The number of carbonyl (C=O) groups is 2. The summed E-state index contributed by atoms with van der Waals surface area (Å²) in [6, 6.07) is 13.9. The minimum atomic E-state index is -1.01. The van der Waals surface area contributed by atoms with Crippen LogP contribution in [-0.2, 0) is 19.1 Å². The number of hydrogen-bond acceptors (Lipinski definition) is 7. The van der Waals surface area contributed by atoms with E-state index in [0.29, 0.717) is 27.6 Å². The molecule has 38 heavy (non-hydrogen) atoms. The van der Waals surface area contributed by atoms with Crippen LogP contribution in [0.5, 0.6) is 0 Å². The number of halogens is 2. The Bertz CT molecular complexity index is 1610. The quantitative estimate of drug-likeness (QED) is 0.323. The molecule has 198 valence electrons. The fourth-order valence-corrected chi connectivity index (χ4v) is 5.79. The van der Waals surface area contributed by atoms with Gasteiger partial charge in [-0.1, -0.05) is 72.9 Å². The lowest BCUT2D eigenvalue weighted by atomic mass is 9.83. The van der Waals surface area contributed by atoms with Crippen LogP contribution < -0.4 is 20.5 Å². The van der Waals surface area contributed by atoms with E-state index in [4.69, 9.17) is 38.4 Å². The van der Waals surface area contributed by atoms with Gasteiger partial charge >= 0.3 is 11.9 Å². The molecule has 0 fully saturated rings. The molecule has 0 spiro atoms. The fraction of sp³-hybridized carbons (Fsp3) is 0.250. The number of benzene rings is 2. The second kappa shape index (κ2) is 12.0. The Morgan fingerprint density at radius 1 is 1.00 bits per heavy atom. The Kier molecular flexibility index (Phi) is 8.76. The topological polar surface area (TPSA) is 101 Å². The Morgan fingerprint density at radius 3 is 2.32 bits per heavy atom. The molecule has 2 aromatic carbocycles. The summed E-state index contributed by atoms with van der Waals surface area (Å²) in [7, 11) is 0. The van der Waals surface area contributed by atoms with Crippen molar-refractivity contribution in [3.05, 3.63) is 94.8 Å². The normalized spacial score (nSPS) is 15.4. The minimum absolute atomic E-state index is 0.0473. The summed E-state index contributed by atoms with van der Waals surface area (Å²) in [5.41, 5.74) is 7.16. The summed E-state index contributed by atoms with van der Waals surface area (Å²) in [4.78, 5) is 40.6. The van der Waals surface area contributed by atoms with Crippen molar-refractivity contribution in [1.82, 2.24) is 4.57 Å². The SMILES string of the molecule is CCCCOC(=O)C1=C(N)n2c(s/c(=C\c3ccccc3Cl)c2=O)=C(C(=O)OCC)[C@@H]1c1ccccc1Cl. The molecule has 0 unspecified atom stereocenters. The number of carbonyl (C=O) groups excluding carboxylic acids is 2. The largest absolute Gasteiger partial charge is 0.463 e. The van der Waals surface area contributed by atoms with Gasteiger partial charge in [-0.25, -0.2) is 9.59 Å². The monoisotopic (exact) mass is 572 g/mol. The highest BCUT2D eigenvalue weighted by Gasteiger charge is 2.40. The standard InChI is InChI=1S/C28H26Cl2N2O5S/c1-3-5-14-37-27(34)22-21(17-11-7-9-13-19(17)30)23(28(35)36-4-2)26-32(24(22)31)25(33)20(38-26)15-16-10-6-8-12-18(16)29/h6-13,15,21H,3-5,14,31H2,1-2H3/b20-15-/t21-/m1/s1. The van der Waals surface area contributed by atoms with Crippen LogP contribution >= 0.6 is 34.5 Å². The summed E-state index contributed by atoms with van der Waals surface area (Å²) < 4.78 is 12.6. The molecule has 1 aromatic heterocycles. The Labute approximate surface area is 233 Å². The van der Waals surface area contributed by atoms with Gasteiger partial charge in [-0.2, -0.15) is 0 Å². The first-order chi connectivity index (χ1) is 18.3. The average molecular weight is 573 g/mol. The lowest BCUT2D eigenvalue weighted by molar-refractivity contribution is -0.139. The number of esters is 2. The first-order valence-electron chi connectivity index (χ1n) is 12.1.